The molecular weight excluding hydrogens is 356 g/mol. The number of nitrogens with one attached hydrogen (secondary N) is 1. The second-order valence-corrected chi connectivity index (χ2v) is 7.43. The number of piperidine rings is 1. The summed E-state index contributed by atoms with van der Waals surface area (Å²) in [7, 11) is 0. The monoisotopic (exact) mass is 380 g/mol. The van der Waals surface area contributed by atoms with Gasteiger partial charge in [-0.3, -0.25) is 9.59 Å². The lowest BCUT2D eigenvalue weighted by Crippen LogP contribution is -2.46. The fourth-order valence-corrected chi connectivity index (χ4v) is 3.76. The average molecular weight is 380 g/mol. The van der Waals surface area contributed by atoms with Gasteiger partial charge in [-0.25, -0.2) is 0 Å². The van der Waals surface area contributed by atoms with E-state index in [0.717, 1.165) is 34.9 Å². The molecular formula is C22H24N2O4. The smallest absolute Gasteiger partial charge is 0.289 e. The van der Waals surface area contributed by atoms with E-state index in [1.165, 1.54) is 11.8 Å². The molecule has 1 saturated heterocycles. The molecule has 1 aliphatic rings. The lowest BCUT2D eigenvalue weighted by atomic mass is 10.0. The Morgan fingerprint density at radius 2 is 1.93 bits per heavy atom. The van der Waals surface area contributed by atoms with E-state index in [1.807, 2.05) is 19.9 Å². The third-order valence-electron chi connectivity index (χ3n) is 5.57. The number of aryl methyl sites for hydroxylation is 2. The maximum atomic E-state index is 12.5. The third-order valence-corrected chi connectivity index (χ3v) is 5.57. The van der Waals surface area contributed by atoms with E-state index < -0.39 is 0 Å². The number of fused-ring (bicyclic) bond motifs is 1. The van der Waals surface area contributed by atoms with Gasteiger partial charge in [0.1, 0.15) is 5.58 Å². The minimum Gasteiger partial charge on any atom is -0.464 e. The highest BCUT2D eigenvalue weighted by Gasteiger charge is 2.26. The number of carbonyl (C=O) groups excluding carboxylic acids is 2. The Hall–Kier alpha value is -3.02. The van der Waals surface area contributed by atoms with Gasteiger partial charge in [0.05, 0.1) is 18.9 Å². The zero-order valence-corrected chi connectivity index (χ0v) is 16.2. The van der Waals surface area contributed by atoms with Crippen LogP contribution >= 0.6 is 0 Å². The van der Waals surface area contributed by atoms with E-state index in [2.05, 4.69) is 11.4 Å². The predicted molar refractivity (Wildman–Crippen MR) is 105 cm³/mol. The maximum Gasteiger partial charge on any atom is 0.289 e. The van der Waals surface area contributed by atoms with E-state index >= 15 is 0 Å². The fourth-order valence-electron chi connectivity index (χ4n) is 3.76. The molecule has 0 bridgehead atoms. The van der Waals surface area contributed by atoms with Crippen molar-refractivity contribution in [2.45, 2.75) is 39.2 Å². The van der Waals surface area contributed by atoms with E-state index in [-0.39, 0.29) is 17.9 Å². The minimum atomic E-state index is -0.0923. The fraction of sp³-hybridized carbons (Fsp3) is 0.364. The Labute approximate surface area is 163 Å². The van der Waals surface area contributed by atoms with Gasteiger partial charge in [-0.15, -0.1) is 0 Å². The number of hydrogen-bond donors (Lipinski definition) is 1. The van der Waals surface area contributed by atoms with Crippen molar-refractivity contribution in [2.75, 3.05) is 13.1 Å². The normalized spacial score (nSPS) is 15.1. The summed E-state index contributed by atoms with van der Waals surface area (Å²) >= 11 is 0. The van der Waals surface area contributed by atoms with Crippen LogP contribution in [0.1, 0.15) is 40.1 Å². The molecule has 0 saturated carbocycles. The lowest BCUT2D eigenvalue weighted by Gasteiger charge is -2.31. The minimum absolute atomic E-state index is 0.0169. The summed E-state index contributed by atoms with van der Waals surface area (Å²) in [5.74, 6) is 0.252. The van der Waals surface area contributed by atoms with Crippen LogP contribution in [0.5, 0.6) is 0 Å². The highest BCUT2D eigenvalue weighted by atomic mass is 16.3. The SMILES string of the molecule is Cc1ccc2c(CC(=O)NC3CCN(C(=O)c4ccco4)CC3)coc2c1C. The standard InChI is InChI=1S/C22H24N2O4/c1-14-5-6-18-16(13-28-21(18)15(14)2)12-20(25)23-17-7-9-24(10-8-17)22(26)19-4-3-11-27-19/h3-6,11,13,17H,7-10,12H2,1-2H3,(H,23,25). The second-order valence-electron chi connectivity index (χ2n) is 7.43. The molecule has 0 aliphatic carbocycles. The van der Waals surface area contributed by atoms with Crippen molar-refractivity contribution in [3.63, 3.8) is 0 Å². The molecule has 1 N–H and O–H groups in total. The molecule has 0 atom stereocenters. The van der Waals surface area contributed by atoms with Gasteiger partial charge in [-0.1, -0.05) is 12.1 Å². The van der Waals surface area contributed by atoms with E-state index in [0.29, 0.717) is 25.3 Å². The van der Waals surface area contributed by atoms with Crippen LogP contribution in [0.2, 0.25) is 0 Å². The number of hydrogen-bond acceptors (Lipinski definition) is 4. The van der Waals surface area contributed by atoms with Crippen LogP contribution in [0.3, 0.4) is 0 Å². The average Bonchev–Trinajstić information content (AvgIpc) is 3.35. The Kier molecular flexibility index (Phi) is 4.94. The second kappa shape index (κ2) is 7.54. The summed E-state index contributed by atoms with van der Waals surface area (Å²) in [5, 5.41) is 4.10. The topological polar surface area (TPSA) is 75.7 Å². The molecule has 28 heavy (non-hydrogen) atoms. The molecule has 0 unspecified atom stereocenters. The highest BCUT2D eigenvalue weighted by Crippen LogP contribution is 2.27. The summed E-state index contributed by atoms with van der Waals surface area (Å²) in [6, 6.07) is 7.54. The summed E-state index contributed by atoms with van der Waals surface area (Å²) in [6.45, 7) is 5.30. The van der Waals surface area contributed by atoms with Crippen molar-refractivity contribution in [1.82, 2.24) is 10.2 Å². The quantitative estimate of drug-likeness (QED) is 0.750. The maximum absolute atomic E-state index is 12.5. The number of benzene rings is 1. The Morgan fingerprint density at radius 3 is 2.64 bits per heavy atom. The van der Waals surface area contributed by atoms with Crippen LogP contribution < -0.4 is 5.32 Å². The summed E-state index contributed by atoms with van der Waals surface area (Å²) in [4.78, 5) is 26.6. The number of likely N-dealkylation sites (tertiary alicyclic amines) is 1. The van der Waals surface area contributed by atoms with Gasteiger partial charge in [0.2, 0.25) is 5.91 Å². The molecule has 3 aromatic rings. The predicted octanol–water partition coefficient (Wildman–Crippen LogP) is 3.61. The van der Waals surface area contributed by atoms with Crippen molar-refractivity contribution in [3.05, 3.63) is 59.2 Å². The highest BCUT2D eigenvalue weighted by molar-refractivity contribution is 5.91. The first kappa shape index (κ1) is 18.3. The van der Waals surface area contributed by atoms with Gasteiger partial charge in [0.15, 0.2) is 5.76 Å². The Bertz CT molecular complexity index is 995. The lowest BCUT2D eigenvalue weighted by molar-refractivity contribution is -0.121. The molecule has 2 aromatic heterocycles. The van der Waals surface area contributed by atoms with Crippen molar-refractivity contribution in [2.24, 2.45) is 0 Å². The molecule has 1 aliphatic heterocycles. The van der Waals surface area contributed by atoms with E-state index in [4.69, 9.17) is 8.83 Å². The molecule has 1 aromatic carbocycles. The molecule has 1 fully saturated rings. The Morgan fingerprint density at radius 1 is 1.14 bits per heavy atom. The van der Waals surface area contributed by atoms with Crippen molar-refractivity contribution in [3.8, 4) is 0 Å². The number of rotatable bonds is 4. The summed E-state index contributed by atoms with van der Waals surface area (Å²) in [6.07, 6.45) is 4.95. The first-order valence-corrected chi connectivity index (χ1v) is 9.61. The van der Waals surface area contributed by atoms with Crippen LogP contribution in [0.4, 0.5) is 0 Å². The molecule has 2 amide bonds. The van der Waals surface area contributed by atoms with Crippen molar-refractivity contribution < 1.29 is 18.4 Å². The third kappa shape index (κ3) is 3.54. The number of furan rings is 2. The van der Waals surface area contributed by atoms with Crippen LogP contribution in [-0.2, 0) is 11.2 Å². The number of nitrogens with zero attached hydrogens (tertiary/aromatic N) is 1. The van der Waals surface area contributed by atoms with Gasteiger partial charge in [-0.05, 0) is 49.9 Å². The van der Waals surface area contributed by atoms with Crippen LogP contribution in [0.25, 0.3) is 11.0 Å². The molecule has 0 radical (unpaired) electrons. The van der Waals surface area contributed by atoms with Gasteiger partial charge in [-0.2, -0.15) is 0 Å². The van der Waals surface area contributed by atoms with Crippen LogP contribution in [-0.4, -0.2) is 35.8 Å². The van der Waals surface area contributed by atoms with E-state index in [1.54, 1.807) is 23.3 Å². The Balaban J connectivity index is 1.33. The molecule has 3 heterocycles. The van der Waals surface area contributed by atoms with Crippen LogP contribution in [0, 0.1) is 13.8 Å². The summed E-state index contributed by atoms with van der Waals surface area (Å²) in [5.41, 5.74) is 4.04. The van der Waals surface area contributed by atoms with Gasteiger partial charge in [0.25, 0.3) is 5.91 Å². The molecule has 6 nitrogen and oxygen atoms in total. The molecule has 6 heteroatoms. The van der Waals surface area contributed by atoms with Gasteiger partial charge >= 0.3 is 0 Å². The van der Waals surface area contributed by atoms with E-state index in [9.17, 15) is 9.59 Å². The van der Waals surface area contributed by atoms with Gasteiger partial charge < -0.3 is 19.1 Å². The molecule has 146 valence electrons. The van der Waals surface area contributed by atoms with Crippen LogP contribution in [0.15, 0.2) is 45.6 Å². The zero-order valence-electron chi connectivity index (χ0n) is 16.2. The number of carbonyl (C=O) groups is 2. The zero-order chi connectivity index (χ0) is 19.7. The van der Waals surface area contributed by atoms with Gasteiger partial charge in [0, 0.05) is 30.1 Å². The van der Waals surface area contributed by atoms with Crippen molar-refractivity contribution in [1.29, 1.82) is 0 Å². The molecule has 0 spiro atoms. The summed E-state index contributed by atoms with van der Waals surface area (Å²) < 4.78 is 10.9. The molecule has 4 rings (SSSR count). The largest absolute Gasteiger partial charge is 0.464 e. The first-order valence-electron chi connectivity index (χ1n) is 9.61. The number of amides is 2. The van der Waals surface area contributed by atoms with Crippen molar-refractivity contribution >= 4 is 22.8 Å². The first-order chi connectivity index (χ1) is 13.5.